The van der Waals surface area contributed by atoms with Crippen LogP contribution in [-0.4, -0.2) is 39.3 Å². The van der Waals surface area contributed by atoms with Gasteiger partial charge in [0.1, 0.15) is 17.6 Å². The molecule has 1 aromatic carbocycles. The highest BCUT2D eigenvalue weighted by molar-refractivity contribution is 5.79. The Morgan fingerprint density at radius 2 is 2.05 bits per heavy atom. The largest absolute Gasteiger partial charge is 0.497 e. The summed E-state index contributed by atoms with van der Waals surface area (Å²) in [4.78, 5) is 4.10. The zero-order valence-corrected chi connectivity index (χ0v) is 12.1. The van der Waals surface area contributed by atoms with Crippen molar-refractivity contribution in [1.82, 2.24) is 10.6 Å². The summed E-state index contributed by atoms with van der Waals surface area (Å²) in [6.07, 6.45) is 0.0301. The fraction of sp³-hybridized carbons (Fsp3) is 0.500. The van der Waals surface area contributed by atoms with E-state index in [9.17, 15) is 0 Å². The molecular weight excluding hydrogens is 242 g/mol. The second-order valence-electron chi connectivity index (χ2n) is 4.09. The molecule has 19 heavy (non-hydrogen) atoms. The minimum Gasteiger partial charge on any atom is -0.497 e. The quantitative estimate of drug-likeness (QED) is 0.606. The van der Waals surface area contributed by atoms with Crippen molar-refractivity contribution in [2.75, 3.05) is 27.2 Å². The number of hydrogen-bond donors (Lipinski definition) is 2. The third kappa shape index (κ3) is 5.50. The second kappa shape index (κ2) is 8.24. The van der Waals surface area contributed by atoms with E-state index in [1.807, 2.05) is 38.1 Å². The summed E-state index contributed by atoms with van der Waals surface area (Å²) in [5, 5.41) is 6.33. The lowest BCUT2D eigenvalue weighted by Gasteiger charge is -2.17. The molecule has 5 nitrogen and oxygen atoms in total. The van der Waals surface area contributed by atoms with Gasteiger partial charge in [-0.25, -0.2) is 0 Å². The Hall–Kier alpha value is -1.91. The molecule has 0 aliphatic rings. The van der Waals surface area contributed by atoms with E-state index >= 15 is 0 Å². The molecular formula is C14H23N3O2. The first-order valence-corrected chi connectivity index (χ1v) is 6.44. The van der Waals surface area contributed by atoms with Gasteiger partial charge in [0.2, 0.25) is 0 Å². The number of methoxy groups -OCH3 is 1. The van der Waals surface area contributed by atoms with Gasteiger partial charge in [-0.15, -0.1) is 0 Å². The Kier molecular flexibility index (Phi) is 6.57. The number of ether oxygens (including phenoxy) is 2. The van der Waals surface area contributed by atoms with Gasteiger partial charge in [-0.1, -0.05) is 6.07 Å². The molecule has 1 atom stereocenters. The second-order valence-corrected chi connectivity index (χ2v) is 4.09. The first kappa shape index (κ1) is 15.1. The molecule has 1 rings (SSSR count). The van der Waals surface area contributed by atoms with E-state index in [0.717, 1.165) is 24.0 Å². The summed E-state index contributed by atoms with van der Waals surface area (Å²) < 4.78 is 11.0. The average Bonchev–Trinajstić information content (AvgIpc) is 2.43. The summed E-state index contributed by atoms with van der Waals surface area (Å²) >= 11 is 0. The van der Waals surface area contributed by atoms with E-state index in [1.165, 1.54) is 0 Å². The highest BCUT2D eigenvalue weighted by Gasteiger charge is 2.06. The minimum absolute atomic E-state index is 0.0301. The van der Waals surface area contributed by atoms with Crippen molar-refractivity contribution in [1.29, 1.82) is 0 Å². The normalized spacial score (nSPS) is 12.7. The van der Waals surface area contributed by atoms with Crippen LogP contribution in [0.1, 0.15) is 13.8 Å². The third-order valence-electron chi connectivity index (χ3n) is 2.50. The van der Waals surface area contributed by atoms with Crippen LogP contribution in [0.2, 0.25) is 0 Å². The van der Waals surface area contributed by atoms with Crippen LogP contribution in [-0.2, 0) is 0 Å². The van der Waals surface area contributed by atoms with E-state index in [-0.39, 0.29) is 6.10 Å². The molecule has 0 saturated carbocycles. The molecule has 0 heterocycles. The molecule has 0 spiro atoms. The third-order valence-corrected chi connectivity index (χ3v) is 2.50. The van der Waals surface area contributed by atoms with Crippen molar-refractivity contribution < 1.29 is 9.47 Å². The number of nitrogens with zero attached hydrogens (tertiary/aromatic N) is 1. The van der Waals surface area contributed by atoms with Crippen molar-refractivity contribution >= 4 is 5.96 Å². The van der Waals surface area contributed by atoms with Gasteiger partial charge < -0.3 is 20.1 Å². The summed E-state index contributed by atoms with van der Waals surface area (Å²) in [7, 11) is 3.39. The molecule has 5 heteroatoms. The Bertz CT molecular complexity index is 407. The van der Waals surface area contributed by atoms with Crippen molar-refractivity contribution in [3.05, 3.63) is 24.3 Å². The Morgan fingerprint density at radius 3 is 2.68 bits per heavy atom. The number of aliphatic imine (C=N–C) groups is 1. The maximum absolute atomic E-state index is 5.80. The minimum atomic E-state index is 0.0301. The number of benzene rings is 1. The van der Waals surface area contributed by atoms with Crippen LogP contribution in [0.3, 0.4) is 0 Å². The van der Waals surface area contributed by atoms with Gasteiger partial charge in [0.25, 0.3) is 0 Å². The van der Waals surface area contributed by atoms with Gasteiger partial charge in [-0.3, -0.25) is 4.99 Å². The molecule has 0 bridgehead atoms. The number of hydrogen-bond acceptors (Lipinski definition) is 3. The van der Waals surface area contributed by atoms with E-state index in [0.29, 0.717) is 6.54 Å². The average molecular weight is 265 g/mol. The fourth-order valence-corrected chi connectivity index (χ4v) is 1.58. The lowest BCUT2D eigenvalue weighted by Crippen LogP contribution is -2.41. The zero-order chi connectivity index (χ0) is 14.1. The highest BCUT2D eigenvalue weighted by atomic mass is 16.5. The maximum atomic E-state index is 5.80. The number of rotatable bonds is 6. The van der Waals surface area contributed by atoms with Gasteiger partial charge in [0.05, 0.1) is 13.7 Å². The van der Waals surface area contributed by atoms with Crippen LogP contribution >= 0.6 is 0 Å². The first-order chi connectivity index (χ1) is 9.19. The molecule has 0 unspecified atom stereocenters. The van der Waals surface area contributed by atoms with E-state index in [2.05, 4.69) is 15.6 Å². The van der Waals surface area contributed by atoms with Gasteiger partial charge in [-0.05, 0) is 26.0 Å². The van der Waals surface area contributed by atoms with Crippen molar-refractivity contribution in [2.24, 2.45) is 4.99 Å². The van der Waals surface area contributed by atoms with Gasteiger partial charge in [-0.2, -0.15) is 0 Å². The SMILES string of the molecule is CCNC(=NC)NC[C@H](C)Oc1cccc(OC)c1. The van der Waals surface area contributed by atoms with Crippen LogP contribution in [0.4, 0.5) is 0 Å². The van der Waals surface area contributed by atoms with Crippen molar-refractivity contribution in [2.45, 2.75) is 20.0 Å². The molecule has 2 N–H and O–H groups in total. The van der Waals surface area contributed by atoms with Gasteiger partial charge in [0.15, 0.2) is 5.96 Å². The van der Waals surface area contributed by atoms with Crippen molar-refractivity contribution in [3.8, 4) is 11.5 Å². The molecule has 0 fully saturated rings. The van der Waals surface area contributed by atoms with Gasteiger partial charge in [0, 0.05) is 19.7 Å². The van der Waals surface area contributed by atoms with Crippen LogP contribution in [0.25, 0.3) is 0 Å². The van der Waals surface area contributed by atoms with Crippen LogP contribution in [0, 0.1) is 0 Å². The molecule has 0 aromatic heterocycles. The predicted octanol–water partition coefficient (Wildman–Crippen LogP) is 1.65. The summed E-state index contributed by atoms with van der Waals surface area (Å²) in [5.41, 5.74) is 0. The van der Waals surface area contributed by atoms with E-state index < -0.39 is 0 Å². The van der Waals surface area contributed by atoms with Gasteiger partial charge >= 0.3 is 0 Å². The monoisotopic (exact) mass is 265 g/mol. The summed E-state index contributed by atoms with van der Waals surface area (Å²) in [5.74, 6) is 2.37. The topological polar surface area (TPSA) is 54.9 Å². The Balaban J connectivity index is 2.44. The molecule has 0 radical (unpaired) electrons. The fourth-order valence-electron chi connectivity index (χ4n) is 1.58. The molecule has 0 amide bonds. The summed E-state index contributed by atoms with van der Waals surface area (Å²) in [6, 6.07) is 7.59. The number of nitrogens with one attached hydrogen (secondary N) is 2. The standard InChI is InChI=1S/C14H23N3O2/c1-5-16-14(15-3)17-10-11(2)19-13-8-6-7-12(9-13)18-4/h6-9,11H,5,10H2,1-4H3,(H2,15,16,17)/t11-/m0/s1. The smallest absolute Gasteiger partial charge is 0.191 e. The lowest BCUT2D eigenvalue weighted by molar-refractivity contribution is 0.223. The summed E-state index contributed by atoms with van der Waals surface area (Å²) in [6.45, 7) is 5.55. The Morgan fingerprint density at radius 1 is 1.32 bits per heavy atom. The number of guanidine groups is 1. The molecule has 0 aliphatic carbocycles. The van der Waals surface area contributed by atoms with Crippen LogP contribution in [0.5, 0.6) is 11.5 Å². The Labute approximate surface area is 115 Å². The van der Waals surface area contributed by atoms with E-state index in [4.69, 9.17) is 9.47 Å². The van der Waals surface area contributed by atoms with Crippen LogP contribution < -0.4 is 20.1 Å². The first-order valence-electron chi connectivity index (χ1n) is 6.44. The predicted molar refractivity (Wildman–Crippen MR) is 78.1 cm³/mol. The molecule has 0 aliphatic heterocycles. The lowest BCUT2D eigenvalue weighted by atomic mass is 10.3. The zero-order valence-electron chi connectivity index (χ0n) is 12.1. The van der Waals surface area contributed by atoms with E-state index in [1.54, 1.807) is 14.2 Å². The van der Waals surface area contributed by atoms with Crippen LogP contribution in [0.15, 0.2) is 29.3 Å². The maximum Gasteiger partial charge on any atom is 0.191 e. The molecule has 0 saturated heterocycles. The molecule has 106 valence electrons. The molecule has 1 aromatic rings. The highest BCUT2D eigenvalue weighted by Crippen LogP contribution is 2.19. The van der Waals surface area contributed by atoms with Crippen molar-refractivity contribution in [3.63, 3.8) is 0 Å².